The summed E-state index contributed by atoms with van der Waals surface area (Å²) in [6.45, 7) is 1.31. The van der Waals surface area contributed by atoms with Crippen molar-refractivity contribution < 1.29 is 19.0 Å². The molecule has 0 radical (unpaired) electrons. The largest absolute Gasteiger partial charge is 0.497 e. The Morgan fingerprint density at radius 2 is 1.68 bits per heavy atom. The Kier molecular flexibility index (Phi) is 5.34. The van der Waals surface area contributed by atoms with E-state index in [1.807, 2.05) is 71.6 Å². The van der Waals surface area contributed by atoms with E-state index in [0.717, 1.165) is 51.4 Å². The highest BCUT2D eigenvalue weighted by Gasteiger charge is 2.36. The van der Waals surface area contributed by atoms with Crippen molar-refractivity contribution in [1.82, 2.24) is 9.88 Å². The lowest BCUT2D eigenvalue weighted by Gasteiger charge is -2.36. The molecule has 2 aliphatic heterocycles. The average molecular weight is 473 g/mol. The molecule has 0 unspecified atom stereocenters. The zero-order chi connectivity index (χ0) is 23.1. The summed E-state index contributed by atoms with van der Waals surface area (Å²) in [5, 5.41) is 0.667. The number of methoxy groups -OCH3 is 1. The minimum atomic E-state index is -0.349. The molecule has 0 aliphatic carbocycles. The van der Waals surface area contributed by atoms with Gasteiger partial charge in [0.25, 0.3) is 5.19 Å². The minimum absolute atomic E-state index is 0.0424. The summed E-state index contributed by atoms with van der Waals surface area (Å²) in [6.07, 6.45) is 1.59. The maximum atomic E-state index is 13.7. The third-order valence-corrected chi connectivity index (χ3v) is 7.45. The fourth-order valence-corrected chi connectivity index (χ4v) is 5.62. The third kappa shape index (κ3) is 3.76. The van der Waals surface area contributed by atoms with Crippen LogP contribution in [0.1, 0.15) is 29.9 Å². The van der Waals surface area contributed by atoms with E-state index in [2.05, 4.69) is 4.98 Å². The van der Waals surface area contributed by atoms with E-state index in [4.69, 9.17) is 14.2 Å². The van der Waals surface area contributed by atoms with Gasteiger partial charge in [-0.25, -0.2) is 4.98 Å². The number of rotatable bonds is 4. The Morgan fingerprint density at radius 1 is 1.00 bits per heavy atom. The molecule has 1 saturated heterocycles. The van der Waals surface area contributed by atoms with Crippen molar-refractivity contribution in [1.29, 1.82) is 0 Å². The zero-order valence-corrected chi connectivity index (χ0v) is 19.6. The van der Waals surface area contributed by atoms with Gasteiger partial charge in [0.15, 0.2) is 0 Å². The van der Waals surface area contributed by atoms with Crippen LogP contribution in [0, 0.1) is 0 Å². The van der Waals surface area contributed by atoms with E-state index in [9.17, 15) is 4.79 Å². The molecule has 3 heterocycles. The summed E-state index contributed by atoms with van der Waals surface area (Å²) >= 11 is 1.54. The number of piperidine rings is 1. The molecule has 0 N–H and O–H groups in total. The van der Waals surface area contributed by atoms with Crippen molar-refractivity contribution in [3.63, 3.8) is 0 Å². The van der Waals surface area contributed by atoms with Crippen molar-refractivity contribution >= 4 is 27.5 Å². The first-order chi connectivity index (χ1) is 16.7. The standard InChI is InChI=1S/C27H24N2O4S/c1-31-18-10-11-24-21(16-18)28-27(34-24)32-17-12-14-29(15-13-17)26(30)25-19-6-2-4-8-22(19)33-23-9-5-3-7-20(23)25/h2-11,16-17,25H,12-15H2,1H3. The summed E-state index contributed by atoms with van der Waals surface area (Å²) in [4.78, 5) is 20.3. The molecule has 4 aromatic rings. The summed E-state index contributed by atoms with van der Waals surface area (Å²) in [5.41, 5.74) is 2.73. The summed E-state index contributed by atoms with van der Waals surface area (Å²) in [7, 11) is 1.65. The molecule has 1 aromatic heterocycles. The van der Waals surface area contributed by atoms with Crippen molar-refractivity contribution in [2.75, 3.05) is 20.2 Å². The average Bonchev–Trinajstić information content (AvgIpc) is 3.28. The van der Waals surface area contributed by atoms with Gasteiger partial charge < -0.3 is 19.1 Å². The topological polar surface area (TPSA) is 60.9 Å². The van der Waals surface area contributed by atoms with E-state index >= 15 is 0 Å². The number of thiazole rings is 1. The lowest BCUT2D eigenvalue weighted by atomic mass is 9.86. The predicted molar refractivity (Wildman–Crippen MR) is 131 cm³/mol. The SMILES string of the molecule is COc1ccc2sc(OC3CCN(C(=O)C4c5ccccc5Oc5ccccc54)CC3)nc2c1. The lowest BCUT2D eigenvalue weighted by Crippen LogP contribution is -2.44. The van der Waals surface area contributed by atoms with Crippen LogP contribution in [0.5, 0.6) is 22.4 Å². The first kappa shape index (κ1) is 21.0. The first-order valence-electron chi connectivity index (χ1n) is 11.5. The van der Waals surface area contributed by atoms with Gasteiger partial charge in [0.05, 0.1) is 23.2 Å². The Balaban J connectivity index is 1.16. The van der Waals surface area contributed by atoms with E-state index in [1.54, 1.807) is 18.4 Å². The molecule has 1 fully saturated rings. The summed E-state index contributed by atoms with van der Waals surface area (Å²) in [6, 6.07) is 21.5. The second-order valence-corrected chi connectivity index (χ2v) is 9.56. The Morgan fingerprint density at radius 3 is 2.35 bits per heavy atom. The second kappa shape index (κ2) is 8.65. The third-order valence-electron chi connectivity index (χ3n) is 6.52. The molecule has 6 rings (SSSR count). The summed E-state index contributed by atoms with van der Waals surface area (Å²) in [5.74, 6) is 2.06. The number of ether oxygens (including phenoxy) is 3. The van der Waals surface area contributed by atoms with Gasteiger partial charge >= 0.3 is 0 Å². The van der Waals surface area contributed by atoms with Gasteiger partial charge in [-0.3, -0.25) is 4.79 Å². The number of fused-ring (bicyclic) bond motifs is 3. The van der Waals surface area contributed by atoms with Gasteiger partial charge in [-0.15, -0.1) is 0 Å². The molecule has 172 valence electrons. The van der Waals surface area contributed by atoms with Crippen LogP contribution in [-0.4, -0.2) is 42.1 Å². The molecular weight excluding hydrogens is 448 g/mol. The summed E-state index contributed by atoms with van der Waals surface area (Å²) < 4.78 is 18.6. The van der Waals surface area contributed by atoms with E-state index in [0.29, 0.717) is 18.3 Å². The highest BCUT2D eigenvalue weighted by atomic mass is 32.1. The van der Waals surface area contributed by atoms with Gasteiger partial charge in [0.1, 0.15) is 23.4 Å². The monoisotopic (exact) mass is 472 g/mol. The molecule has 7 heteroatoms. The van der Waals surface area contributed by atoms with Crippen LogP contribution in [0.15, 0.2) is 66.7 Å². The molecule has 1 amide bonds. The van der Waals surface area contributed by atoms with Crippen LogP contribution in [0.2, 0.25) is 0 Å². The molecule has 0 spiro atoms. The van der Waals surface area contributed by atoms with Crippen LogP contribution < -0.4 is 14.2 Å². The Hall–Kier alpha value is -3.58. The zero-order valence-electron chi connectivity index (χ0n) is 18.8. The number of nitrogens with zero attached hydrogens (tertiary/aromatic N) is 2. The maximum absolute atomic E-state index is 13.7. The second-order valence-electron chi connectivity index (χ2n) is 8.57. The quantitative estimate of drug-likeness (QED) is 0.386. The lowest BCUT2D eigenvalue weighted by molar-refractivity contribution is -0.133. The molecule has 34 heavy (non-hydrogen) atoms. The van der Waals surface area contributed by atoms with Crippen LogP contribution in [0.25, 0.3) is 10.2 Å². The number of hydrogen-bond acceptors (Lipinski definition) is 6. The predicted octanol–water partition coefficient (Wildman–Crippen LogP) is 5.61. The number of hydrogen-bond donors (Lipinski definition) is 0. The van der Waals surface area contributed by atoms with Gasteiger partial charge in [0, 0.05) is 43.1 Å². The van der Waals surface area contributed by atoms with Crippen molar-refractivity contribution in [3.8, 4) is 22.4 Å². The molecule has 2 aliphatic rings. The maximum Gasteiger partial charge on any atom is 0.274 e. The minimum Gasteiger partial charge on any atom is -0.497 e. The number of likely N-dealkylation sites (tertiary alicyclic amines) is 1. The molecule has 0 saturated carbocycles. The highest BCUT2D eigenvalue weighted by molar-refractivity contribution is 7.20. The number of benzene rings is 3. The van der Waals surface area contributed by atoms with Crippen LogP contribution in [-0.2, 0) is 4.79 Å². The molecule has 0 atom stereocenters. The Labute approximate surface area is 201 Å². The normalized spacial score (nSPS) is 16.0. The number of carbonyl (C=O) groups excluding carboxylic acids is 1. The highest BCUT2D eigenvalue weighted by Crippen LogP contribution is 2.45. The number of amides is 1. The van der Waals surface area contributed by atoms with Crippen molar-refractivity contribution in [2.24, 2.45) is 0 Å². The van der Waals surface area contributed by atoms with E-state index in [-0.39, 0.29) is 17.9 Å². The number of carbonyl (C=O) groups is 1. The number of aromatic nitrogens is 1. The number of para-hydroxylation sites is 2. The van der Waals surface area contributed by atoms with Gasteiger partial charge in [0.2, 0.25) is 5.91 Å². The van der Waals surface area contributed by atoms with Crippen molar-refractivity contribution in [2.45, 2.75) is 24.9 Å². The van der Waals surface area contributed by atoms with Gasteiger partial charge in [-0.1, -0.05) is 47.7 Å². The molecule has 6 nitrogen and oxygen atoms in total. The van der Waals surface area contributed by atoms with Crippen LogP contribution in [0.4, 0.5) is 0 Å². The fraction of sp³-hybridized carbons (Fsp3) is 0.259. The van der Waals surface area contributed by atoms with Gasteiger partial charge in [-0.2, -0.15) is 0 Å². The van der Waals surface area contributed by atoms with Gasteiger partial charge in [-0.05, 0) is 24.3 Å². The molecule has 0 bridgehead atoms. The smallest absolute Gasteiger partial charge is 0.274 e. The molecular formula is C27H24N2O4S. The Bertz CT molecular complexity index is 1310. The van der Waals surface area contributed by atoms with E-state index in [1.165, 1.54) is 0 Å². The fourth-order valence-electron chi connectivity index (χ4n) is 4.76. The van der Waals surface area contributed by atoms with Crippen LogP contribution in [0.3, 0.4) is 0 Å². The van der Waals surface area contributed by atoms with E-state index < -0.39 is 0 Å². The van der Waals surface area contributed by atoms with Crippen LogP contribution >= 0.6 is 11.3 Å². The van der Waals surface area contributed by atoms with Crippen molar-refractivity contribution in [3.05, 3.63) is 77.9 Å². The first-order valence-corrected chi connectivity index (χ1v) is 12.3. The molecule has 3 aromatic carbocycles.